The zero-order valence-corrected chi connectivity index (χ0v) is 13.5. The highest BCUT2D eigenvalue weighted by Crippen LogP contribution is 2.23. The quantitative estimate of drug-likeness (QED) is 0.909. The number of anilines is 1. The lowest BCUT2D eigenvalue weighted by Gasteiger charge is -2.13. The van der Waals surface area contributed by atoms with Crippen molar-refractivity contribution < 1.29 is 13.2 Å². The van der Waals surface area contributed by atoms with Crippen molar-refractivity contribution >= 4 is 21.6 Å². The van der Waals surface area contributed by atoms with Crippen LogP contribution in [0.3, 0.4) is 0 Å². The third-order valence-corrected chi connectivity index (χ3v) is 4.78. The van der Waals surface area contributed by atoms with Gasteiger partial charge in [-0.05, 0) is 43.2 Å². The van der Waals surface area contributed by atoms with Crippen molar-refractivity contribution in [3.8, 4) is 0 Å². The Labute approximate surface area is 130 Å². The molecule has 1 amide bonds. The molecule has 0 atom stereocenters. The average Bonchev–Trinajstić information content (AvgIpc) is 2.49. The van der Waals surface area contributed by atoms with Gasteiger partial charge in [0, 0.05) is 7.05 Å². The van der Waals surface area contributed by atoms with E-state index in [4.69, 9.17) is 0 Å². The van der Waals surface area contributed by atoms with Crippen molar-refractivity contribution in [2.75, 3.05) is 11.8 Å². The Hall–Kier alpha value is -2.34. The molecule has 116 valence electrons. The van der Waals surface area contributed by atoms with Crippen LogP contribution >= 0.6 is 0 Å². The second-order valence-electron chi connectivity index (χ2n) is 5.00. The summed E-state index contributed by atoms with van der Waals surface area (Å²) in [5.41, 5.74) is 2.03. The SMILES string of the molecule is CNC(=O)c1ccccc1NS(=O)(=O)c1cc(C)ccc1C. The normalized spacial score (nSPS) is 11.0. The topological polar surface area (TPSA) is 75.3 Å². The molecule has 0 aliphatic rings. The zero-order chi connectivity index (χ0) is 16.3. The number of nitrogens with one attached hydrogen (secondary N) is 2. The summed E-state index contributed by atoms with van der Waals surface area (Å²) >= 11 is 0. The maximum Gasteiger partial charge on any atom is 0.262 e. The number of carbonyl (C=O) groups excluding carboxylic acids is 1. The minimum absolute atomic E-state index is 0.208. The molecule has 0 unspecified atom stereocenters. The molecule has 0 aliphatic carbocycles. The first-order valence-electron chi connectivity index (χ1n) is 6.76. The molecule has 0 aromatic heterocycles. The van der Waals surface area contributed by atoms with Crippen molar-refractivity contribution in [1.82, 2.24) is 5.32 Å². The molecule has 5 nitrogen and oxygen atoms in total. The maximum absolute atomic E-state index is 12.6. The summed E-state index contributed by atoms with van der Waals surface area (Å²) < 4.78 is 27.7. The summed E-state index contributed by atoms with van der Waals surface area (Å²) in [7, 11) is -2.26. The molecule has 0 saturated heterocycles. The summed E-state index contributed by atoms with van der Waals surface area (Å²) in [6, 6.07) is 11.7. The molecule has 0 spiro atoms. The highest BCUT2D eigenvalue weighted by Gasteiger charge is 2.20. The number of benzene rings is 2. The van der Waals surface area contributed by atoms with Gasteiger partial charge < -0.3 is 5.32 Å². The Balaban J connectivity index is 2.46. The van der Waals surface area contributed by atoms with Crippen LogP contribution in [0.25, 0.3) is 0 Å². The molecule has 2 aromatic rings. The van der Waals surface area contributed by atoms with E-state index in [0.717, 1.165) is 5.56 Å². The van der Waals surface area contributed by atoms with Gasteiger partial charge in [0.1, 0.15) is 0 Å². The summed E-state index contributed by atoms with van der Waals surface area (Å²) in [5.74, 6) is -0.348. The average molecular weight is 318 g/mol. The van der Waals surface area contributed by atoms with Crippen LogP contribution in [-0.2, 0) is 10.0 Å². The number of rotatable bonds is 4. The Kier molecular flexibility index (Phi) is 4.51. The van der Waals surface area contributed by atoms with Gasteiger partial charge in [0.2, 0.25) is 0 Å². The van der Waals surface area contributed by atoms with Gasteiger partial charge in [-0.15, -0.1) is 0 Å². The van der Waals surface area contributed by atoms with Gasteiger partial charge in [-0.2, -0.15) is 0 Å². The summed E-state index contributed by atoms with van der Waals surface area (Å²) in [6.07, 6.45) is 0. The summed E-state index contributed by atoms with van der Waals surface area (Å²) in [5, 5.41) is 2.49. The van der Waals surface area contributed by atoms with E-state index in [1.807, 2.05) is 13.0 Å². The predicted molar refractivity (Wildman–Crippen MR) is 86.6 cm³/mol. The van der Waals surface area contributed by atoms with Crippen molar-refractivity contribution in [1.29, 1.82) is 0 Å². The lowest BCUT2D eigenvalue weighted by atomic mass is 10.2. The highest BCUT2D eigenvalue weighted by molar-refractivity contribution is 7.92. The van der Waals surface area contributed by atoms with Crippen LogP contribution in [0.5, 0.6) is 0 Å². The number of hydrogen-bond acceptors (Lipinski definition) is 3. The first-order valence-corrected chi connectivity index (χ1v) is 8.24. The predicted octanol–water partition coefficient (Wildman–Crippen LogP) is 2.46. The Bertz CT molecular complexity index is 814. The van der Waals surface area contributed by atoms with Crippen molar-refractivity contribution in [2.24, 2.45) is 0 Å². The van der Waals surface area contributed by atoms with Gasteiger partial charge in [0.25, 0.3) is 15.9 Å². The minimum atomic E-state index is -3.76. The third kappa shape index (κ3) is 3.28. The van der Waals surface area contributed by atoms with E-state index in [1.165, 1.54) is 7.05 Å². The van der Waals surface area contributed by atoms with Crippen LogP contribution in [0.2, 0.25) is 0 Å². The summed E-state index contributed by atoms with van der Waals surface area (Å²) in [4.78, 5) is 12.0. The number of aryl methyl sites for hydroxylation is 2. The van der Waals surface area contributed by atoms with Gasteiger partial charge in [-0.25, -0.2) is 8.42 Å². The fraction of sp³-hybridized carbons (Fsp3) is 0.188. The molecule has 2 aromatic carbocycles. The molecular weight excluding hydrogens is 300 g/mol. The second kappa shape index (κ2) is 6.19. The smallest absolute Gasteiger partial charge is 0.262 e. The zero-order valence-electron chi connectivity index (χ0n) is 12.7. The molecule has 2 N–H and O–H groups in total. The molecule has 0 saturated carbocycles. The van der Waals surface area contributed by atoms with E-state index >= 15 is 0 Å². The van der Waals surface area contributed by atoms with E-state index in [9.17, 15) is 13.2 Å². The lowest BCUT2D eigenvalue weighted by molar-refractivity contribution is 0.0964. The third-order valence-electron chi connectivity index (χ3n) is 3.28. The number of sulfonamides is 1. The number of hydrogen-bond donors (Lipinski definition) is 2. The molecule has 6 heteroatoms. The standard InChI is InChI=1S/C16H18N2O3S/c1-11-8-9-12(2)15(10-11)22(20,21)18-14-7-5-4-6-13(14)16(19)17-3/h4-10,18H,1-3H3,(H,17,19). The monoisotopic (exact) mass is 318 g/mol. The first-order chi connectivity index (χ1) is 10.3. The molecule has 0 radical (unpaired) electrons. The van der Waals surface area contributed by atoms with Gasteiger partial charge in [0.15, 0.2) is 0 Å². The van der Waals surface area contributed by atoms with Crippen molar-refractivity contribution in [3.63, 3.8) is 0 Å². The fourth-order valence-electron chi connectivity index (χ4n) is 2.10. The van der Waals surface area contributed by atoms with Crippen LogP contribution in [0, 0.1) is 13.8 Å². The van der Waals surface area contributed by atoms with Gasteiger partial charge in [-0.1, -0.05) is 24.3 Å². The Morgan fingerprint density at radius 1 is 1.05 bits per heavy atom. The number of para-hydroxylation sites is 1. The van der Waals surface area contributed by atoms with Crippen LogP contribution in [-0.4, -0.2) is 21.4 Å². The van der Waals surface area contributed by atoms with E-state index in [1.54, 1.807) is 43.3 Å². The molecule has 0 aliphatic heterocycles. The number of amides is 1. The molecule has 22 heavy (non-hydrogen) atoms. The molecule has 0 bridgehead atoms. The van der Waals surface area contributed by atoms with Gasteiger partial charge in [-0.3, -0.25) is 9.52 Å². The fourth-order valence-corrected chi connectivity index (χ4v) is 3.51. The lowest BCUT2D eigenvalue weighted by Crippen LogP contribution is -2.22. The molecular formula is C16H18N2O3S. The number of carbonyl (C=O) groups is 1. The van der Waals surface area contributed by atoms with Gasteiger partial charge >= 0.3 is 0 Å². The van der Waals surface area contributed by atoms with Crippen molar-refractivity contribution in [3.05, 3.63) is 59.2 Å². The van der Waals surface area contributed by atoms with E-state index in [2.05, 4.69) is 10.0 Å². The first kappa shape index (κ1) is 16.0. The van der Waals surface area contributed by atoms with Crippen LogP contribution in [0.4, 0.5) is 5.69 Å². The van der Waals surface area contributed by atoms with E-state index in [0.29, 0.717) is 5.56 Å². The van der Waals surface area contributed by atoms with Crippen LogP contribution in [0.15, 0.2) is 47.4 Å². The van der Waals surface area contributed by atoms with Gasteiger partial charge in [0.05, 0.1) is 16.1 Å². The molecule has 2 rings (SSSR count). The molecule has 0 heterocycles. The Morgan fingerprint density at radius 3 is 2.41 bits per heavy atom. The Morgan fingerprint density at radius 2 is 1.73 bits per heavy atom. The van der Waals surface area contributed by atoms with Crippen molar-refractivity contribution in [2.45, 2.75) is 18.7 Å². The molecule has 0 fully saturated rings. The largest absolute Gasteiger partial charge is 0.355 e. The highest BCUT2D eigenvalue weighted by atomic mass is 32.2. The summed E-state index contributed by atoms with van der Waals surface area (Å²) in [6.45, 7) is 3.57. The van der Waals surface area contributed by atoms with E-state index in [-0.39, 0.29) is 22.1 Å². The minimum Gasteiger partial charge on any atom is -0.355 e. The van der Waals surface area contributed by atoms with E-state index < -0.39 is 10.0 Å². The maximum atomic E-state index is 12.6. The second-order valence-corrected chi connectivity index (χ2v) is 6.65. The van der Waals surface area contributed by atoms with Crippen LogP contribution in [0.1, 0.15) is 21.5 Å². The van der Waals surface area contributed by atoms with Crippen LogP contribution < -0.4 is 10.0 Å².